The number of aryl methyl sites for hydroxylation is 1. The normalized spacial score (nSPS) is 18.2. The SMILES string of the molecule is Cc1ccc(C(NC2CCCC2)C(=O)O)cc1. The van der Waals surface area contributed by atoms with Crippen LogP contribution in [0.15, 0.2) is 24.3 Å². The Kier molecular flexibility index (Phi) is 3.79. The molecule has 0 spiro atoms. The first-order valence-corrected chi connectivity index (χ1v) is 6.22. The summed E-state index contributed by atoms with van der Waals surface area (Å²) in [5, 5.41) is 12.5. The zero-order chi connectivity index (χ0) is 12.3. The van der Waals surface area contributed by atoms with Gasteiger partial charge in [-0.15, -0.1) is 0 Å². The number of hydrogen-bond acceptors (Lipinski definition) is 2. The number of carboxylic acid groups (broad SMARTS) is 1. The van der Waals surface area contributed by atoms with Crippen LogP contribution < -0.4 is 5.32 Å². The molecule has 1 aromatic carbocycles. The smallest absolute Gasteiger partial charge is 0.325 e. The van der Waals surface area contributed by atoms with Gasteiger partial charge in [0.15, 0.2) is 0 Å². The molecule has 1 aliphatic carbocycles. The highest BCUT2D eigenvalue weighted by Crippen LogP contribution is 2.22. The van der Waals surface area contributed by atoms with Crippen LogP contribution in [-0.2, 0) is 4.79 Å². The van der Waals surface area contributed by atoms with Crippen LogP contribution in [0.5, 0.6) is 0 Å². The second-order valence-electron chi connectivity index (χ2n) is 4.83. The Morgan fingerprint density at radius 2 is 1.88 bits per heavy atom. The summed E-state index contributed by atoms with van der Waals surface area (Å²) < 4.78 is 0. The van der Waals surface area contributed by atoms with Gasteiger partial charge in [0.2, 0.25) is 0 Å². The molecule has 1 atom stereocenters. The van der Waals surface area contributed by atoms with Crippen molar-refractivity contribution < 1.29 is 9.90 Å². The molecule has 2 N–H and O–H groups in total. The predicted molar refractivity (Wildman–Crippen MR) is 66.9 cm³/mol. The second-order valence-corrected chi connectivity index (χ2v) is 4.83. The fraction of sp³-hybridized carbons (Fsp3) is 0.500. The molecule has 0 radical (unpaired) electrons. The highest BCUT2D eigenvalue weighted by atomic mass is 16.4. The van der Waals surface area contributed by atoms with Crippen LogP contribution in [0.4, 0.5) is 0 Å². The number of aliphatic carboxylic acids is 1. The van der Waals surface area contributed by atoms with Crippen LogP contribution in [0, 0.1) is 6.92 Å². The minimum absolute atomic E-state index is 0.359. The summed E-state index contributed by atoms with van der Waals surface area (Å²) in [7, 11) is 0. The molecule has 0 aromatic heterocycles. The van der Waals surface area contributed by atoms with Gasteiger partial charge in [0.1, 0.15) is 6.04 Å². The zero-order valence-electron chi connectivity index (χ0n) is 10.1. The van der Waals surface area contributed by atoms with E-state index in [9.17, 15) is 9.90 Å². The first-order chi connectivity index (χ1) is 8.16. The van der Waals surface area contributed by atoms with Gasteiger partial charge in [-0.2, -0.15) is 0 Å². The fourth-order valence-corrected chi connectivity index (χ4v) is 2.40. The maximum Gasteiger partial charge on any atom is 0.325 e. The van der Waals surface area contributed by atoms with Gasteiger partial charge in [-0.3, -0.25) is 10.1 Å². The summed E-state index contributed by atoms with van der Waals surface area (Å²) in [4.78, 5) is 11.3. The van der Waals surface area contributed by atoms with Gasteiger partial charge in [0.25, 0.3) is 0 Å². The van der Waals surface area contributed by atoms with Crippen molar-refractivity contribution in [1.29, 1.82) is 0 Å². The first-order valence-electron chi connectivity index (χ1n) is 6.22. The lowest BCUT2D eigenvalue weighted by molar-refractivity contribution is -0.139. The Hall–Kier alpha value is -1.35. The molecule has 1 aliphatic rings. The van der Waals surface area contributed by atoms with E-state index in [1.807, 2.05) is 31.2 Å². The second kappa shape index (κ2) is 5.32. The van der Waals surface area contributed by atoms with Crippen molar-refractivity contribution in [1.82, 2.24) is 5.32 Å². The molecule has 0 aliphatic heterocycles. The van der Waals surface area contributed by atoms with E-state index in [1.165, 1.54) is 12.8 Å². The van der Waals surface area contributed by atoms with Crippen LogP contribution in [0.2, 0.25) is 0 Å². The summed E-state index contributed by atoms with van der Waals surface area (Å²) in [6.07, 6.45) is 4.60. The fourth-order valence-electron chi connectivity index (χ4n) is 2.40. The third-order valence-corrected chi connectivity index (χ3v) is 3.42. The minimum Gasteiger partial charge on any atom is -0.480 e. The summed E-state index contributed by atoms with van der Waals surface area (Å²) in [5.41, 5.74) is 1.99. The lowest BCUT2D eigenvalue weighted by Gasteiger charge is -2.19. The van der Waals surface area contributed by atoms with Gasteiger partial charge < -0.3 is 5.11 Å². The van der Waals surface area contributed by atoms with Crippen molar-refractivity contribution in [3.63, 3.8) is 0 Å². The number of carboxylic acids is 1. The largest absolute Gasteiger partial charge is 0.480 e. The van der Waals surface area contributed by atoms with Crippen LogP contribution in [0.25, 0.3) is 0 Å². The Morgan fingerprint density at radius 3 is 2.41 bits per heavy atom. The van der Waals surface area contributed by atoms with E-state index in [0.717, 1.165) is 24.0 Å². The summed E-state index contributed by atoms with van der Waals surface area (Å²) in [5.74, 6) is -0.791. The number of hydrogen-bond donors (Lipinski definition) is 2. The van der Waals surface area contributed by atoms with Crippen molar-refractivity contribution in [3.05, 3.63) is 35.4 Å². The van der Waals surface area contributed by atoms with Crippen LogP contribution in [-0.4, -0.2) is 17.1 Å². The number of carbonyl (C=O) groups is 1. The Labute approximate surface area is 102 Å². The maximum absolute atomic E-state index is 11.3. The van der Waals surface area contributed by atoms with Crippen LogP contribution in [0.3, 0.4) is 0 Å². The molecular weight excluding hydrogens is 214 g/mol. The molecular formula is C14H19NO2. The monoisotopic (exact) mass is 233 g/mol. The van der Waals surface area contributed by atoms with E-state index in [2.05, 4.69) is 5.32 Å². The van der Waals surface area contributed by atoms with E-state index < -0.39 is 12.0 Å². The average Bonchev–Trinajstić information content (AvgIpc) is 2.80. The van der Waals surface area contributed by atoms with Gasteiger partial charge in [-0.05, 0) is 25.3 Å². The van der Waals surface area contributed by atoms with E-state index in [0.29, 0.717) is 6.04 Å². The topological polar surface area (TPSA) is 49.3 Å². The third kappa shape index (κ3) is 3.07. The van der Waals surface area contributed by atoms with Crippen LogP contribution >= 0.6 is 0 Å². The van der Waals surface area contributed by atoms with Crippen molar-refractivity contribution in [2.24, 2.45) is 0 Å². The minimum atomic E-state index is -0.791. The van der Waals surface area contributed by atoms with Crippen molar-refractivity contribution in [2.45, 2.75) is 44.7 Å². The molecule has 3 heteroatoms. The lowest BCUT2D eigenvalue weighted by Crippen LogP contribution is -2.35. The Bertz CT molecular complexity index is 380. The molecule has 92 valence electrons. The molecule has 0 amide bonds. The third-order valence-electron chi connectivity index (χ3n) is 3.42. The van der Waals surface area contributed by atoms with Gasteiger partial charge in [-0.1, -0.05) is 42.7 Å². The quantitative estimate of drug-likeness (QED) is 0.840. The maximum atomic E-state index is 11.3. The zero-order valence-corrected chi connectivity index (χ0v) is 10.1. The average molecular weight is 233 g/mol. The van der Waals surface area contributed by atoms with Crippen molar-refractivity contribution in [2.75, 3.05) is 0 Å². The molecule has 1 aromatic rings. The molecule has 3 nitrogen and oxygen atoms in total. The molecule has 17 heavy (non-hydrogen) atoms. The summed E-state index contributed by atoms with van der Waals surface area (Å²) in [6, 6.07) is 7.51. The van der Waals surface area contributed by atoms with Gasteiger partial charge in [-0.25, -0.2) is 0 Å². The van der Waals surface area contributed by atoms with Crippen LogP contribution in [0.1, 0.15) is 42.9 Å². The molecule has 1 fully saturated rings. The Morgan fingerprint density at radius 1 is 1.29 bits per heavy atom. The van der Waals surface area contributed by atoms with Crippen molar-refractivity contribution >= 4 is 5.97 Å². The van der Waals surface area contributed by atoms with Gasteiger partial charge in [0, 0.05) is 6.04 Å². The van der Waals surface area contributed by atoms with Gasteiger partial charge >= 0.3 is 5.97 Å². The standard InChI is InChI=1S/C14H19NO2/c1-10-6-8-11(9-7-10)13(14(16)17)15-12-4-2-3-5-12/h6-9,12-13,15H,2-5H2,1H3,(H,16,17). The van der Waals surface area contributed by atoms with E-state index in [-0.39, 0.29) is 0 Å². The highest BCUT2D eigenvalue weighted by Gasteiger charge is 2.24. The van der Waals surface area contributed by atoms with Gasteiger partial charge in [0.05, 0.1) is 0 Å². The predicted octanol–water partition coefficient (Wildman–Crippen LogP) is 2.65. The van der Waals surface area contributed by atoms with Crippen molar-refractivity contribution in [3.8, 4) is 0 Å². The highest BCUT2D eigenvalue weighted by molar-refractivity contribution is 5.75. The number of rotatable bonds is 4. The van der Waals surface area contributed by atoms with E-state index in [1.54, 1.807) is 0 Å². The number of nitrogens with one attached hydrogen (secondary N) is 1. The van der Waals surface area contributed by atoms with E-state index in [4.69, 9.17) is 0 Å². The number of benzene rings is 1. The molecule has 0 heterocycles. The molecule has 1 saturated carbocycles. The molecule has 1 unspecified atom stereocenters. The summed E-state index contributed by atoms with van der Waals surface area (Å²) >= 11 is 0. The first kappa shape index (κ1) is 12.1. The molecule has 2 rings (SSSR count). The molecule has 0 bridgehead atoms. The van der Waals surface area contributed by atoms with E-state index >= 15 is 0 Å². The Balaban J connectivity index is 2.10. The lowest BCUT2D eigenvalue weighted by atomic mass is 10.0. The molecule has 0 saturated heterocycles. The summed E-state index contributed by atoms with van der Waals surface area (Å²) in [6.45, 7) is 2.00.